The van der Waals surface area contributed by atoms with Crippen molar-refractivity contribution < 1.29 is 9.90 Å². The fraction of sp³-hybridized carbons (Fsp3) is 0.312. The summed E-state index contributed by atoms with van der Waals surface area (Å²) >= 11 is 0. The molecule has 0 unspecified atom stereocenters. The number of hydrogen-bond donors (Lipinski definition) is 2. The molecule has 0 spiro atoms. The molecule has 1 aliphatic rings. The first kappa shape index (κ1) is 12.0. The summed E-state index contributed by atoms with van der Waals surface area (Å²) in [7, 11) is 0. The van der Waals surface area contributed by atoms with Crippen molar-refractivity contribution in [2.24, 2.45) is 5.92 Å². The molecule has 1 fully saturated rings. The van der Waals surface area contributed by atoms with E-state index in [1.807, 2.05) is 24.3 Å². The lowest BCUT2D eigenvalue weighted by atomic mass is 10.1. The molecular formula is C16H17NO2. The second-order valence-electron chi connectivity index (χ2n) is 5.20. The van der Waals surface area contributed by atoms with Gasteiger partial charge in [0.05, 0.1) is 5.56 Å². The SMILES string of the molecule is O=C(NCCC1CC1)c1cc2ccccc2cc1O. The molecule has 0 aliphatic heterocycles. The third-order valence-electron chi connectivity index (χ3n) is 3.64. The Kier molecular flexibility index (Phi) is 3.11. The highest BCUT2D eigenvalue weighted by Crippen LogP contribution is 2.31. The number of carbonyl (C=O) groups is 1. The van der Waals surface area contributed by atoms with Gasteiger partial charge in [-0.2, -0.15) is 0 Å². The van der Waals surface area contributed by atoms with Gasteiger partial charge in [0.1, 0.15) is 5.75 Å². The molecule has 0 heterocycles. The smallest absolute Gasteiger partial charge is 0.255 e. The number of hydrogen-bond acceptors (Lipinski definition) is 2. The van der Waals surface area contributed by atoms with Crippen LogP contribution in [0, 0.1) is 5.92 Å². The molecule has 0 aromatic heterocycles. The normalized spacial score (nSPS) is 14.5. The van der Waals surface area contributed by atoms with Crippen LogP contribution in [-0.4, -0.2) is 17.6 Å². The summed E-state index contributed by atoms with van der Waals surface area (Å²) in [6.45, 7) is 0.690. The summed E-state index contributed by atoms with van der Waals surface area (Å²) in [5.74, 6) is 0.650. The maximum Gasteiger partial charge on any atom is 0.255 e. The molecule has 0 atom stereocenters. The average molecular weight is 255 g/mol. The van der Waals surface area contributed by atoms with E-state index >= 15 is 0 Å². The van der Waals surface area contributed by atoms with Gasteiger partial charge in [-0.25, -0.2) is 0 Å². The molecule has 0 radical (unpaired) electrons. The van der Waals surface area contributed by atoms with Crippen molar-refractivity contribution in [3.8, 4) is 5.75 Å². The third kappa shape index (κ3) is 2.70. The van der Waals surface area contributed by atoms with E-state index in [2.05, 4.69) is 5.32 Å². The number of rotatable bonds is 4. The second-order valence-corrected chi connectivity index (χ2v) is 5.20. The standard InChI is InChI=1S/C16H17NO2/c18-15-10-13-4-2-1-3-12(13)9-14(15)16(19)17-8-7-11-5-6-11/h1-4,9-11,18H,5-8H2,(H,17,19). The Bertz CT molecular complexity index is 617. The second kappa shape index (κ2) is 4.92. The van der Waals surface area contributed by atoms with Crippen molar-refractivity contribution in [1.82, 2.24) is 5.32 Å². The summed E-state index contributed by atoms with van der Waals surface area (Å²) < 4.78 is 0. The van der Waals surface area contributed by atoms with Crippen LogP contribution in [0.2, 0.25) is 0 Å². The fourth-order valence-electron chi connectivity index (χ4n) is 2.30. The van der Waals surface area contributed by atoms with E-state index in [9.17, 15) is 9.90 Å². The lowest BCUT2D eigenvalue weighted by molar-refractivity contribution is 0.0950. The number of carbonyl (C=O) groups excluding carboxylic acids is 1. The maximum absolute atomic E-state index is 12.0. The summed E-state index contributed by atoms with van der Waals surface area (Å²) in [5, 5.41) is 14.7. The zero-order valence-electron chi connectivity index (χ0n) is 10.7. The summed E-state index contributed by atoms with van der Waals surface area (Å²) in [4.78, 5) is 12.0. The van der Waals surface area contributed by atoms with Gasteiger partial charge in [0, 0.05) is 6.54 Å². The van der Waals surface area contributed by atoms with Crippen LogP contribution in [0.5, 0.6) is 5.75 Å². The first-order chi connectivity index (χ1) is 9.24. The molecule has 1 amide bonds. The van der Waals surface area contributed by atoms with Crippen LogP contribution in [0.15, 0.2) is 36.4 Å². The number of phenols is 1. The predicted octanol–water partition coefficient (Wildman–Crippen LogP) is 3.08. The Hall–Kier alpha value is -2.03. The van der Waals surface area contributed by atoms with E-state index < -0.39 is 0 Å². The molecule has 2 aromatic carbocycles. The number of benzene rings is 2. The van der Waals surface area contributed by atoms with E-state index in [1.165, 1.54) is 12.8 Å². The van der Waals surface area contributed by atoms with Crippen molar-refractivity contribution in [3.63, 3.8) is 0 Å². The summed E-state index contributed by atoms with van der Waals surface area (Å²) in [6, 6.07) is 11.1. The predicted molar refractivity (Wildman–Crippen MR) is 75.3 cm³/mol. The Morgan fingerprint density at radius 2 is 1.89 bits per heavy atom. The van der Waals surface area contributed by atoms with Gasteiger partial charge in [0.2, 0.25) is 0 Å². The molecule has 2 N–H and O–H groups in total. The van der Waals surface area contributed by atoms with E-state index in [0.717, 1.165) is 23.1 Å². The van der Waals surface area contributed by atoms with Gasteiger partial charge in [-0.1, -0.05) is 37.1 Å². The molecule has 3 heteroatoms. The summed E-state index contributed by atoms with van der Waals surface area (Å²) in [6.07, 6.45) is 3.62. The largest absolute Gasteiger partial charge is 0.507 e. The quantitative estimate of drug-likeness (QED) is 0.882. The number of nitrogens with one attached hydrogen (secondary N) is 1. The molecule has 1 aliphatic carbocycles. The molecule has 2 aromatic rings. The molecule has 98 valence electrons. The Morgan fingerprint density at radius 3 is 2.58 bits per heavy atom. The molecule has 1 saturated carbocycles. The minimum atomic E-state index is -0.191. The average Bonchev–Trinajstić information content (AvgIpc) is 3.22. The third-order valence-corrected chi connectivity index (χ3v) is 3.64. The van der Waals surface area contributed by atoms with Crippen LogP contribution in [0.1, 0.15) is 29.6 Å². The Labute approximate surface area is 112 Å². The van der Waals surface area contributed by atoms with Gasteiger partial charge in [-0.05, 0) is 35.2 Å². The van der Waals surface area contributed by atoms with E-state index in [4.69, 9.17) is 0 Å². The molecular weight excluding hydrogens is 238 g/mol. The van der Waals surface area contributed by atoms with Crippen molar-refractivity contribution >= 4 is 16.7 Å². The highest BCUT2D eigenvalue weighted by molar-refractivity contribution is 6.01. The van der Waals surface area contributed by atoms with Crippen LogP contribution in [0.3, 0.4) is 0 Å². The lowest BCUT2D eigenvalue weighted by Crippen LogP contribution is -2.24. The number of amides is 1. The highest BCUT2D eigenvalue weighted by atomic mass is 16.3. The number of fused-ring (bicyclic) bond motifs is 1. The van der Waals surface area contributed by atoms with Crippen LogP contribution in [0.25, 0.3) is 10.8 Å². The topological polar surface area (TPSA) is 49.3 Å². The van der Waals surface area contributed by atoms with Gasteiger partial charge in [-0.3, -0.25) is 4.79 Å². The minimum Gasteiger partial charge on any atom is -0.507 e. The van der Waals surface area contributed by atoms with Crippen molar-refractivity contribution in [2.45, 2.75) is 19.3 Å². The van der Waals surface area contributed by atoms with Crippen molar-refractivity contribution in [1.29, 1.82) is 0 Å². The Morgan fingerprint density at radius 1 is 1.21 bits per heavy atom. The first-order valence-corrected chi connectivity index (χ1v) is 6.74. The summed E-state index contributed by atoms with van der Waals surface area (Å²) in [5.41, 5.74) is 0.356. The van der Waals surface area contributed by atoms with Gasteiger partial charge in [0.25, 0.3) is 5.91 Å². The van der Waals surface area contributed by atoms with Gasteiger partial charge >= 0.3 is 0 Å². The van der Waals surface area contributed by atoms with Gasteiger partial charge in [0.15, 0.2) is 0 Å². The van der Waals surface area contributed by atoms with Crippen LogP contribution in [-0.2, 0) is 0 Å². The first-order valence-electron chi connectivity index (χ1n) is 6.74. The van der Waals surface area contributed by atoms with Gasteiger partial charge < -0.3 is 10.4 Å². The van der Waals surface area contributed by atoms with Crippen LogP contribution >= 0.6 is 0 Å². The Balaban J connectivity index is 1.78. The molecule has 19 heavy (non-hydrogen) atoms. The molecule has 0 bridgehead atoms. The number of aromatic hydroxyl groups is 1. The number of phenolic OH excluding ortho intramolecular Hbond substituents is 1. The minimum absolute atomic E-state index is 0.0441. The molecule has 3 rings (SSSR count). The van der Waals surface area contributed by atoms with Crippen molar-refractivity contribution in [2.75, 3.05) is 6.54 Å². The van der Waals surface area contributed by atoms with E-state index in [1.54, 1.807) is 12.1 Å². The fourth-order valence-corrected chi connectivity index (χ4v) is 2.30. The van der Waals surface area contributed by atoms with Crippen molar-refractivity contribution in [3.05, 3.63) is 42.0 Å². The van der Waals surface area contributed by atoms with Crippen LogP contribution < -0.4 is 5.32 Å². The highest BCUT2D eigenvalue weighted by Gasteiger charge is 2.21. The maximum atomic E-state index is 12.0. The van der Waals surface area contributed by atoms with E-state index in [-0.39, 0.29) is 11.7 Å². The zero-order chi connectivity index (χ0) is 13.2. The molecule has 0 saturated heterocycles. The molecule has 3 nitrogen and oxygen atoms in total. The van der Waals surface area contributed by atoms with Gasteiger partial charge in [-0.15, -0.1) is 0 Å². The van der Waals surface area contributed by atoms with Crippen LogP contribution in [0.4, 0.5) is 0 Å². The van der Waals surface area contributed by atoms with E-state index in [0.29, 0.717) is 12.1 Å². The monoisotopic (exact) mass is 255 g/mol. The zero-order valence-corrected chi connectivity index (χ0v) is 10.7. The lowest BCUT2D eigenvalue weighted by Gasteiger charge is -2.08.